The van der Waals surface area contributed by atoms with Crippen LogP contribution in [0, 0.1) is 0 Å². The van der Waals surface area contributed by atoms with E-state index in [1.165, 1.54) is 6.42 Å². The monoisotopic (exact) mass is 268 g/mol. The van der Waals surface area contributed by atoms with E-state index in [1.807, 2.05) is 18.2 Å². The molecule has 0 unspecified atom stereocenters. The summed E-state index contributed by atoms with van der Waals surface area (Å²) in [6.45, 7) is 0. The molecule has 2 rings (SSSR count). The fourth-order valence-corrected chi connectivity index (χ4v) is 3.53. The molecule has 4 heteroatoms. The minimum atomic E-state index is -0.183. The number of aliphatic hydroxyl groups excluding tert-OH is 1. The predicted molar refractivity (Wildman–Crippen MR) is 73.7 cm³/mol. The van der Waals surface area contributed by atoms with E-state index < -0.39 is 0 Å². The molecular weight excluding hydrogens is 248 g/mol. The molecule has 3 nitrogen and oxygen atoms in total. The number of hydrogen-bond acceptors (Lipinski definition) is 4. The molecule has 1 aliphatic carbocycles. The maximum atomic E-state index is 9.98. The zero-order valence-corrected chi connectivity index (χ0v) is 11.7. The van der Waals surface area contributed by atoms with Crippen molar-refractivity contribution in [3.8, 4) is 11.5 Å². The molecule has 0 aliphatic heterocycles. The second-order valence-corrected chi connectivity index (χ2v) is 5.84. The lowest BCUT2D eigenvalue weighted by Gasteiger charge is -2.27. The highest BCUT2D eigenvalue weighted by Crippen LogP contribution is 2.37. The maximum Gasteiger partial charge on any atom is 0.161 e. The Kier molecular flexibility index (Phi) is 4.78. The molecule has 0 amide bonds. The van der Waals surface area contributed by atoms with Crippen molar-refractivity contribution >= 4 is 11.8 Å². The predicted octanol–water partition coefficient (Wildman–Crippen LogP) is 3.10. The Morgan fingerprint density at radius 1 is 1.11 bits per heavy atom. The Balaban J connectivity index is 2.08. The number of benzene rings is 1. The highest BCUT2D eigenvalue weighted by molar-refractivity contribution is 8.00. The Morgan fingerprint density at radius 2 is 1.83 bits per heavy atom. The van der Waals surface area contributed by atoms with Crippen molar-refractivity contribution in [1.29, 1.82) is 0 Å². The van der Waals surface area contributed by atoms with Crippen LogP contribution in [-0.2, 0) is 0 Å². The molecule has 0 spiro atoms. The van der Waals surface area contributed by atoms with Crippen molar-refractivity contribution < 1.29 is 14.6 Å². The van der Waals surface area contributed by atoms with E-state index in [4.69, 9.17) is 9.47 Å². The first-order chi connectivity index (χ1) is 8.74. The van der Waals surface area contributed by atoms with Crippen LogP contribution in [0.3, 0.4) is 0 Å². The molecule has 1 fully saturated rings. The first-order valence-electron chi connectivity index (χ1n) is 6.31. The van der Waals surface area contributed by atoms with Crippen LogP contribution in [0.25, 0.3) is 0 Å². The van der Waals surface area contributed by atoms with Gasteiger partial charge in [0.05, 0.1) is 20.3 Å². The molecule has 100 valence electrons. The van der Waals surface area contributed by atoms with Gasteiger partial charge in [-0.05, 0) is 31.0 Å². The second kappa shape index (κ2) is 6.34. The van der Waals surface area contributed by atoms with Crippen molar-refractivity contribution in [2.24, 2.45) is 0 Å². The number of ether oxygens (including phenoxy) is 2. The van der Waals surface area contributed by atoms with Crippen LogP contribution < -0.4 is 9.47 Å². The molecule has 0 bridgehead atoms. The quantitative estimate of drug-likeness (QED) is 0.910. The summed E-state index contributed by atoms with van der Waals surface area (Å²) in [5, 5.41) is 10.3. The highest BCUT2D eigenvalue weighted by Gasteiger charge is 2.24. The van der Waals surface area contributed by atoms with Crippen LogP contribution in [0.1, 0.15) is 25.7 Å². The van der Waals surface area contributed by atoms with Crippen LogP contribution in [0.15, 0.2) is 23.1 Å². The molecule has 1 aromatic rings. The highest BCUT2D eigenvalue weighted by atomic mass is 32.2. The average Bonchev–Trinajstić information content (AvgIpc) is 2.41. The van der Waals surface area contributed by atoms with Crippen LogP contribution in [-0.4, -0.2) is 30.7 Å². The number of aliphatic hydroxyl groups is 1. The van der Waals surface area contributed by atoms with Crippen molar-refractivity contribution in [2.45, 2.75) is 41.9 Å². The summed E-state index contributed by atoms with van der Waals surface area (Å²) in [5.74, 6) is 1.49. The molecule has 2 atom stereocenters. The number of hydrogen-bond donors (Lipinski definition) is 1. The summed E-state index contributed by atoms with van der Waals surface area (Å²) in [5.41, 5.74) is 0. The average molecular weight is 268 g/mol. The van der Waals surface area contributed by atoms with E-state index in [0.717, 1.165) is 35.7 Å². The van der Waals surface area contributed by atoms with E-state index >= 15 is 0 Å². The zero-order chi connectivity index (χ0) is 13.0. The smallest absolute Gasteiger partial charge is 0.161 e. The summed E-state index contributed by atoms with van der Waals surface area (Å²) in [7, 11) is 3.28. The molecule has 1 aromatic carbocycles. The molecule has 0 aromatic heterocycles. The Morgan fingerprint density at radius 3 is 2.50 bits per heavy atom. The standard InChI is InChI=1S/C14H20O3S/c1-16-12-8-7-10(9-13(12)17-2)18-14-6-4-3-5-11(14)15/h7-9,11,14-15H,3-6H2,1-2H3/t11-,14+/m1/s1. The van der Waals surface area contributed by atoms with Crippen molar-refractivity contribution in [2.75, 3.05) is 14.2 Å². The molecule has 18 heavy (non-hydrogen) atoms. The van der Waals surface area contributed by atoms with Gasteiger partial charge in [0.15, 0.2) is 11.5 Å². The first kappa shape index (κ1) is 13.6. The van der Waals surface area contributed by atoms with E-state index in [9.17, 15) is 5.11 Å². The molecule has 0 radical (unpaired) electrons. The fraction of sp³-hybridized carbons (Fsp3) is 0.571. The van der Waals surface area contributed by atoms with Crippen molar-refractivity contribution in [1.82, 2.24) is 0 Å². The van der Waals surface area contributed by atoms with Gasteiger partial charge in [0.2, 0.25) is 0 Å². The summed E-state index contributed by atoms with van der Waals surface area (Å²) < 4.78 is 10.5. The van der Waals surface area contributed by atoms with Gasteiger partial charge in [-0.1, -0.05) is 12.8 Å². The molecule has 0 saturated heterocycles. The van der Waals surface area contributed by atoms with Gasteiger partial charge < -0.3 is 14.6 Å². The van der Waals surface area contributed by atoms with Gasteiger partial charge >= 0.3 is 0 Å². The maximum absolute atomic E-state index is 9.98. The zero-order valence-electron chi connectivity index (χ0n) is 10.9. The molecule has 1 aliphatic rings. The summed E-state index contributed by atoms with van der Waals surface area (Å²) in [6.07, 6.45) is 4.17. The third-order valence-electron chi connectivity index (χ3n) is 3.31. The van der Waals surface area contributed by atoms with Crippen molar-refractivity contribution in [3.63, 3.8) is 0 Å². The topological polar surface area (TPSA) is 38.7 Å². The van der Waals surface area contributed by atoms with E-state index in [-0.39, 0.29) is 6.10 Å². The minimum absolute atomic E-state index is 0.183. The van der Waals surface area contributed by atoms with E-state index in [1.54, 1.807) is 26.0 Å². The minimum Gasteiger partial charge on any atom is -0.493 e. The summed E-state index contributed by atoms with van der Waals surface area (Å²) in [4.78, 5) is 1.12. The van der Waals surface area contributed by atoms with E-state index in [2.05, 4.69) is 0 Å². The Labute approximate surface area is 112 Å². The van der Waals surface area contributed by atoms with Gasteiger partial charge in [-0.15, -0.1) is 11.8 Å². The van der Waals surface area contributed by atoms with Gasteiger partial charge in [0.1, 0.15) is 0 Å². The normalized spacial score (nSPS) is 23.7. The fourth-order valence-electron chi connectivity index (χ4n) is 2.28. The molecule has 0 heterocycles. The van der Waals surface area contributed by atoms with Gasteiger partial charge in [-0.3, -0.25) is 0 Å². The summed E-state index contributed by atoms with van der Waals surface area (Å²) >= 11 is 1.74. The molecule has 1 saturated carbocycles. The third kappa shape index (κ3) is 3.12. The molecular formula is C14H20O3S. The second-order valence-electron chi connectivity index (χ2n) is 4.52. The Bertz CT molecular complexity index is 395. The summed E-state index contributed by atoms with van der Waals surface area (Å²) in [6, 6.07) is 5.91. The lowest BCUT2D eigenvalue weighted by molar-refractivity contribution is 0.137. The van der Waals surface area contributed by atoms with Gasteiger partial charge in [-0.25, -0.2) is 0 Å². The number of rotatable bonds is 4. The number of methoxy groups -OCH3 is 2. The van der Waals surface area contributed by atoms with Crippen LogP contribution in [0.2, 0.25) is 0 Å². The molecule has 1 N–H and O–H groups in total. The van der Waals surface area contributed by atoms with E-state index in [0.29, 0.717) is 5.25 Å². The number of thioether (sulfide) groups is 1. The van der Waals surface area contributed by atoms with Gasteiger partial charge in [0, 0.05) is 10.1 Å². The largest absolute Gasteiger partial charge is 0.493 e. The van der Waals surface area contributed by atoms with Gasteiger partial charge in [0.25, 0.3) is 0 Å². The SMILES string of the molecule is COc1ccc(S[C@H]2CCCC[C@H]2O)cc1OC. The lowest BCUT2D eigenvalue weighted by Crippen LogP contribution is -2.26. The van der Waals surface area contributed by atoms with Crippen LogP contribution >= 0.6 is 11.8 Å². The third-order valence-corrected chi connectivity index (χ3v) is 4.69. The van der Waals surface area contributed by atoms with Crippen molar-refractivity contribution in [3.05, 3.63) is 18.2 Å². The Hall–Kier alpha value is -0.870. The lowest BCUT2D eigenvalue weighted by atomic mass is 9.97. The van der Waals surface area contributed by atoms with Gasteiger partial charge in [-0.2, -0.15) is 0 Å². The van der Waals surface area contributed by atoms with Crippen LogP contribution in [0.5, 0.6) is 11.5 Å². The first-order valence-corrected chi connectivity index (χ1v) is 7.19. The van der Waals surface area contributed by atoms with Crippen LogP contribution in [0.4, 0.5) is 0 Å².